The first-order chi connectivity index (χ1) is 14.3. The second-order valence-electron chi connectivity index (χ2n) is 6.19. The minimum atomic E-state index is -1.13. The van der Waals surface area contributed by atoms with Gasteiger partial charge in [0.15, 0.2) is 18.1 Å². The molecule has 3 rings (SSSR count). The van der Waals surface area contributed by atoms with Crippen molar-refractivity contribution in [3.05, 3.63) is 62.6 Å². The number of carboxylic acids is 1. The number of nitrogens with one attached hydrogen (secondary N) is 1. The van der Waals surface area contributed by atoms with Crippen LogP contribution in [0.5, 0.6) is 11.5 Å². The van der Waals surface area contributed by atoms with Gasteiger partial charge in [-0.3, -0.25) is 9.69 Å². The van der Waals surface area contributed by atoms with Crippen LogP contribution in [-0.2, 0) is 16.1 Å². The fourth-order valence-electron chi connectivity index (χ4n) is 2.78. The number of aliphatic carboxylic acids is 1. The molecule has 0 radical (unpaired) electrons. The number of nitrogens with zero attached hydrogens (tertiary/aromatic N) is 1. The van der Waals surface area contributed by atoms with Crippen LogP contribution in [0, 0.1) is 9.39 Å². The average molecular weight is 526 g/mol. The summed E-state index contributed by atoms with van der Waals surface area (Å²) < 4.78 is 24.9. The zero-order valence-corrected chi connectivity index (χ0v) is 17.8. The third-order valence-corrected chi connectivity index (χ3v) is 4.95. The lowest BCUT2D eigenvalue weighted by molar-refractivity contribution is -0.139. The van der Waals surface area contributed by atoms with Gasteiger partial charge in [0.1, 0.15) is 11.5 Å². The lowest BCUT2D eigenvalue weighted by Crippen LogP contribution is -2.30. The zero-order valence-electron chi connectivity index (χ0n) is 15.6. The maximum absolute atomic E-state index is 13.9. The molecule has 0 spiro atoms. The number of rotatable bonds is 7. The molecular formula is C20H16FIN2O6. The highest BCUT2D eigenvalue weighted by atomic mass is 127. The number of imide groups is 1. The van der Waals surface area contributed by atoms with Gasteiger partial charge in [0.2, 0.25) is 0 Å². The molecular weight excluding hydrogens is 510 g/mol. The number of carboxylic acid groups (broad SMARTS) is 1. The summed E-state index contributed by atoms with van der Waals surface area (Å²) in [5.41, 5.74) is 0.766. The van der Waals surface area contributed by atoms with Crippen molar-refractivity contribution in [2.24, 2.45) is 0 Å². The second kappa shape index (κ2) is 9.11. The molecule has 0 aromatic heterocycles. The summed E-state index contributed by atoms with van der Waals surface area (Å²) in [5, 5.41) is 11.3. The molecule has 1 aliphatic heterocycles. The van der Waals surface area contributed by atoms with E-state index in [0.29, 0.717) is 9.13 Å². The number of hydrogen-bond acceptors (Lipinski definition) is 5. The van der Waals surface area contributed by atoms with Gasteiger partial charge >= 0.3 is 12.0 Å². The molecule has 30 heavy (non-hydrogen) atoms. The molecule has 2 N–H and O–H groups in total. The minimum absolute atomic E-state index is 0.0217. The Morgan fingerprint density at radius 1 is 1.30 bits per heavy atom. The van der Waals surface area contributed by atoms with E-state index in [1.54, 1.807) is 18.2 Å². The van der Waals surface area contributed by atoms with Gasteiger partial charge in [0.25, 0.3) is 5.91 Å². The Morgan fingerprint density at radius 3 is 2.70 bits per heavy atom. The Labute approximate surface area is 184 Å². The van der Waals surface area contributed by atoms with E-state index in [2.05, 4.69) is 5.32 Å². The van der Waals surface area contributed by atoms with Crippen molar-refractivity contribution in [3.8, 4) is 11.5 Å². The molecule has 10 heteroatoms. The van der Waals surface area contributed by atoms with Crippen LogP contribution in [0.25, 0.3) is 6.08 Å². The zero-order chi connectivity index (χ0) is 21.8. The molecule has 0 unspecified atom stereocenters. The first kappa shape index (κ1) is 21.6. The standard InChI is InChI=1S/C20H16FIN2O6/c1-29-16-8-11(6-14(22)18(16)30-10-17(25)26)7-15-19(27)24(20(28)23-15)9-12-4-2-3-5-13(12)21/h2-8H,9-10H2,1H3,(H,23,28)(H,25,26)/b15-7-. The van der Waals surface area contributed by atoms with Gasteiger partial charge in [0.05, 0.1) is 17.2 Å². The maximum Gasteiger partial charge on any atom is 0.341 e. The highest BCUT2D eigenvalue weighted by Crippen LogP contribution is 2.34. The molecule has 0 bridgehead atoms. The molecule has 0 aliphatic carbocycles. The summed E-state index contributed by atoms with van der Waals surface area (Å²) in [7, 11) is 1.40. The lowest BCUT2D eigenvalue weighted by atomic mass is 10.1. The fourth-order valence-corrected chi connectivity index (χ4v) is 3.56. The molecule has 0 atom stereocenters. The quantitative estimate of drug-likeness (QED) is 0.327. The minimum Gasteiger partial charge on any atom is -0.493 e. The summed E-state index contributed by atoms with van der Waals surface area (Å²) in [4.78, 5) is 36.5. The summed E-state index contributed by atoms with van der Waals surface area (Å²) >= 11 is 1.95. The summed E-state index contributed by atoms with van der Waals surface area (Å²) in [5.74, 6) is -1.70. The van der Waals surface area contributed by atoms with Crippen molar-refractivity contribution in [2.75, 3.05) is 13.7 Å². The number of ether oxygens (including phenoxy) is 2. The van der Waals surface area contributed by atoms with Crippen molar-refractivity contribution in [1.82, 2.24) is 10.2 Å². The first-order valence-electron chi connectivity index (χ1n) is 8.60. The van der Waals surface area contributed by atoms with Crippen LogP contribution in [0.3, 0.4) is 0 Å². The van der Waals surface area contributed by atoms with Gasteiger partial charge in [-0.25, -0.2) is 14.0 Å². The van der Waals surface area contributed by atoms with Crippen LogP contribution >= 0.6 is 22.6 Å². The van der Waals surface area contributed by atoms with Gasteiger partial charge in [-0.1, -0.05) is 18.2 Å². The van der Waals surface area contributed by atoms with Crippen molar-refractivity contribution in [1.29, 1.82) is 0 Å². The van der Waals surface area contributed by atoms with Gasteiger partial charge in [-0.15, -0.1) is 0 Å². The van der Waals surface area contributed by atoms with Crippen molar-refractivity contribution >= 4 is 46.6 Å². The van der Waals surface area contributed by atoms with E-state index in [1.165, 1.54) is 31.4 Å². The lowest BCUT2D eigenvalue weighted by Gasteiger charge is -2.13. The molecule has 2 aromatic rings. The molecule has 3 amide bonds. The van der Waals surface area contributed by atoms with E-state index in [1.807, 2.05) is 22.6 Å². The van der Waals surface area contributed by atoms with Crippen molar-refractivity contribution < 1.29 is 33.4 Å². The third-order valence-electron chi connectivity index (χ3n) is 4.15. The van der Waals surface area contributed by atoms with E-state index >= 15 is 0 Å². The van der Waals surface area contributed by atoms with E-state index in [4.69, 9.17) is 14.6 Å². The second-order valence-corrected chi connectivity index (χ2v) is 7.35. The summed E-state index contributed by atoms with van der Waals surface area (Å²) in [6, 6.07) is 8.44. The predicted octanol–water partition coefficient (Wildman–Crippen LogP) is 3.00. The van der Waals surface area contributed by atoms with E-state index in [9.17, 15) is 18.8 Å². The van der Waals surface area contributed by atoms with Crippen molar-refractivity contribution in [2.45, 2.75) is 6.54 Å². The molecule has 1 heterocycles. The highest BCUT2D eigenvalue weighted by molar-refractivity contribution is 14.1. The Bertz CT molecular complexity index is 1060. The Balaban J connectivity index is 1.85. The van der Waals surface area contributed by atoms with Gasteiger partial charge in [0, 0.05) is 5.56 Å². The number of methoxy groups -OCH3 is 1. The van der Waals surface area contributed by atoms with Crippen LogP contribution in [0.4, 0.5) is 9.18 Å². The third kappa shape index (κ3) is 4.70. The summed E-state index contributed by atoms with van der Waals surface area (Å²) in [6.45, 7) is -0.732. The maximum atomic E-state index is 13.9. The average Bonchev–Trinajstić information content (AvgIpc) is 2.95. The first-order valence-corrected chi connectivity index (χ1v) is 9.68. The molecule has 8 nitrogen and oxygen atoms in total. The Morgan fingerprint density at radius 2 is 2.03 bits per heavy atom. The largest absolute Gasteiger partial charge is 0.493 e. The van der Waals surface area contributed by atoms with Crippen LogP contribution in [0.2, 0.25) is 0 Å². The molecule has 0 saturated carbocycles. The summed E-state index contributed by atoms with van der Waals surface area (Å²) in [6.07, 6.45) is 1.45. The molecule has 156 valence electrons. The van der Waals surface area contributed by atoms with E-state index < -0.39 is 30.3 Å². The van der Waals surface area contributed by atoms with Crippen LogP contribution in [0.1, 0.15) is 11.1 Å². The van der Waals surface area contributed by atoms with Gasteiger partial charge < -0.3 is 19.9 Å². The molecule has 2 aromatic carbocycles. The monoisotopic (exact) mass is 526 g/mol. The number of hydrogen-bond donors (Lipinski definition) is 2. The Hall–Kier alpha value is -3.15. The SMILES string of the molecule is COc1cc(/C=C2\NC(=O)N(Cc3ccccc3F)C2=O)cc(I)c1OCC(=O)O. The fraction of sp³-hybridized carbons (Fsp3) is 0.150. The predicted molar refractivity (Wildman–Crippen MR) is 112 cm³/mol. The number of urea groups is 1. The van der Waals surface area contributed by atoms with Crippen molar-refractivity contribution in [3.63, 3.8) is 0 Å². The van der Waals surface area contributed by atoms with Crippen LogP contribution < -0.4 is 14.8 Å². The number of carbonyl (C=O) groups is 3. The smallest absolute Gasteiger partial charge is 0.341 e. The number of amides is 3. The van der Waals surface area contributed by atoms with Gasteiger partial charge in [-0.2, -0.15) is 0 Å². The number of carbonyl (C=O) groups excluding carboxylic acids is 2. The van der Waals surface area contributed by atoms with Crippen LogP contribution in [-0.4, -0.2) is 41.6 Å². The molecule has 1 saturated heterocycles. The molecule has 1 fully saturated rings. The molecule has 1 aliphatic rings. The number of benzene rings is 2. The highest BCUT2D eigenvalue weighted by Gasteiger charge is 2.34. The van der Waals surface area contributed by atoms with E-state index in [0.717, 1.165) is 4.90 Å². The topological polar surface area (TPSA) is 105 Å². The van der Waals surface area contributed by atoms with Gasteiger partial charge in [-0.05, 0) is 52.4 Å². The normalized spacial score (nSPS) is 14.8. The van der Waals surface area contributed by atoms with Crippen LogP contribution in [0.15, 0.2) is 42.1 Å². The van der Waals surface area contributed by atoms with E-state index in [-0.39, 0.29) is 29.3 Å². The number of halogens is 2. The Kier molecular flexibility index (Phi) is 6.55.